The molecule has 4 aromatic rings. The summed E-state index contributed by atoms with van der Waals surface area (Å²) in [7, 11) is 0. The van der Waals surface area contributed by atoms with Crippen molar-refractivity contribution in [3.05, 3.63) is 94.8 Å². The standard InChI is InChI=1S/C26H28FN5O/c1-17(2)25-24(16-29-32(25)23-11-7-21(27)8-12-23)26(33)28-14-13-20-5-9-22(10-6-20)31-19(4)15-18(3)30-31/h5-12,15-17H,13-14H2,1-4H3,(H,28,33). The van der Waals surface area contributed by atoms with Crippen LogP contribution in [0.3, 0.4) is 0 Å². The van der Waals surface area contributed by atoms with Crippen LogP contribution in [0.15, 0.2) is 60.8 Å². The Bertz CT molecular complexity index is 1250. The molecule has 0 saturated carbocycles. The highest BCUT2D eigenvalue weighted by Gasteiger charge is 2.20. The van der Waals surface area contributed by atoms with Crippen molar-refractivity contribution < 1.29 is 9.18 Å². The minimum absolute atomic E-state index is 0.0697. The van der Waals surface area contributed by atoms with Crippen molar-refractivity contribution >= 4 is 5.91 Å². The van der Waals surface area contributed by atoms with E-state index in [1.165, 1.54) is 12.1 Å². The van der Waals surface area contributed by atoms with Crippen LogP contribution < -0.4 is 5.32 Å². The topological polar surface area (TPSA) is 64.7 Å². The zero-order valence-electron chi connectivity index (χ0n) is 19.3. The summed E-state index contributed by atoms with van der Waals surface area (Å²) in [5, 5.41) is 11.9. The zero-order chi connectivity index (χ0) is 23.5. The molecule has 0 bridgehead atoms. The monoisotopic (exact) mass is 445 g/mol. The third-order valence-electron chi connectivity index (χ3n) is 5.56. The van der Waals surface area contributed by atoms with Gasteiger partial charge in [-0.25, -0.2) is 13.8 Å². The first-order chi connectivity index (χ1) is 15.8. The quantitative estimate of drug-likeness (QED) is 0.440. The van der Waals surface area contributed by atoms with E-state index in [1.807, 2.05) is 50.6 Å². The van der Waals surface area contributed by atoms with Gasteiger partial charge >= 0.3 is 0 Å². The molecule has 2 aromatic heterocycles. The fourth-order valence-corrected chi connectivity index (χ4v) is 3.99. The number of hydrogen-bond donors (Lipinski definition) is 1. The average Bonchev–Trinajstić information content (AvgIpc) is 3.38. The van der Waals surface area contributed by atoms with Gasteiger partial charge in [0, 0.05) is 12.2 Å². The minimum atomic E-state index is -0.308. The maximum atomic E-state index is 13.3. The maximum absolute atomic E-state index is 13.3. The Kier molecular flexibility index (Phi) is 6.40. The van der Waals surface area contributed by atoms with Gasteiger partial charge in [0.25, 0.3) is 5.91 Å². The molecule has 0 aliphatic heterocycles. The smallest absolute Gasteiger partial charge is 0.254 e. The Labute approximate surface area is 193 Å². The molecule has 0 spiro atoms. The van der Waals surface area contributed by atoms with Gasteiger partial charge in [-0.3, -0.25) is 4.79 Å². The lowest BCUT2D eigenvalue weighted by atomic mass is 10.0. The van der Waals surface area contributed by atoms with Crippen molar-refractivity contribution in [3.8, 4) is 11.4 Å². The van der Waals surface area contributed by atoms with E-state index in [4.69, 9.17) is 0 Å². The van der Waals surface area contributed by atoms with E-state index in [-0.39, 0.29) is 17.6 Å². The first-order valence-electron chi connectivity index (χ1n) is 11.1. The van der Waals surface area contributed by atoms with Crippen LogP contribution in [0.25, 0.3) is 11.4 Å². The Hall–Kier alpha value is -3.74. The maximum Gasteiger partial charge on any atom is 0.254 e. The SMILES string of the molecule is Cc1cc(C)n(-c2ccc(CCNC(=O)c3cnn(-c4ccc(F)cc4)c3C(C)C)cc2)n1. The van der Waals surface area contributed by atoms with Crippen LogP contribution >= 0.6 is 0 Å². The molecule has 2 aromatic carbocycles. The number of carbonyl (C=O) groups excluding carboxylic acids is 1. The van der Waals surface area contributed by atoms with Gasteiger partial charge in [-0.1, -0.05) is 26.0 Å². The van der Waals surface area contributed by atoms with E-state index in [2.05, 4.69) is 27.6 Å². The summed E-state index contributed by atoms with van der Waals surface area (Å²) in [6, 6.07) is 16.3. The molecule has 1 N–H and O–H groups in total. The molecule has 0 radical (unpaired) electrons. The lowest BCUT2D eigenvalue weighted by Gasteiger charge is -2.13. The Morgan fingerprint density at radius 1 is 1.00 bits per heavy atom. The van der Waals surface area contributed by atoms with Crippen molar-refractivity contribution in [2.24, 2.45) is 0 Å². The van der Waals surface area contributed by atoms with E-state index in [0.29, 0.717) is 18.5 Å². The molecule has 6 nitrogen and oxygen atoms in total. The van der Waals surface area contributed by atoms with Gasteiger partial charge in [0.15, 0.2) is 0 Å². The highest BCUT2D eigenvalue weighted by molar-refractivity contribution is 5.95. The Morgan fingerprint density at radius 2 is 1.64 bits per heavy atom. The van der Waals surface area contributed by atoms with Crippen molar-refractivity contribution in [1.29, 1.82) is 0 Å². The molecule has 4 rings (SSSR count). The molecule has 0 atom stereocenters. The van der Waals surface area contributed by atoms with E-state index >= 15 is 0 Å². The third kappa shape index (κ3) is 4.87. The summed E-state index contributed by atoms with van der Waals surface area (Å²) < 4.78 is 16.9. The number of carbonyl (C=O) groups is 1. The van der Waals surface area contributed by atoms with Crippen LogP contribution in [0.2, 0.25) is 0 Å². The van der Waals surface area contributed by atoms with Crippen molar-refractivity contribution in [1.82, 2.24) is 24.9 Å². The number of nitrogens with zero attached hydrogens (tertiary/aromatic N) is 4. The van der Waals surface area contributed by atoms with Gasteiger partial charge in [-0.05, 0) is 74.2 Å². The van der Waals surface area contributed by atoms with Crippen molar-refractivity contribution in [2.45, 2.75) is 40.0 Å². The Morgan fingerprint density at radius 3 is 2.24 bits per heavy atom. The fraction of sp³-hybridized carbons (Fsp3) is 0.269. The zero-order valence-corrected chi connectivity index (χ0v) is 19.3. The Balaban J connectivity index is 1.42. The summed E-state index contributed by atoms with van der Waals surface area (Å²) in [5.41, 5.74) is 6.29. The highest BCUT2D eigenvalue weighted by atomic mass is 19.1. The molecular formula is C26H28FN5O. The third-order valence-corrected chi connectivity index (χ3v) is 5.56. The van der Waals surface area contributed by atoms with E-state index in [9.17, 15) is 9.18 Å². The van der Waals surface area contributed by atoms with E-state index in [1.54, 1.807) is 23.0 Å². The highest BCUT2D eigenvalue weighted by Crippen LogP contribution is 2.23. The number of hydrogen-bond acceptors (Lipinski definition) is 3. The molecule has 0 saturated heterocycles. The molecule has 0 aliphatic rings. The summed E-state index contributed by atoms with van der Waals surface area (Å²) >= 11 is 0. The van der Waals surface area contributed by atoms with Crippen LogP contribution in [-0.4, -0.2) is 32.0 Å². The van der Waals surface area contributed by atoms with Crippen LogP contribution in [0, 0.1) is 19.7 Å². The summed E-state index contributed by atoms with van der Waals surface area (Å²) in [6.07, 6.45) is 2.30. The van der Waals surface area contributed by atoms with Gasteiger partial charge in [-0.2, -0.15) is 10.2 Å². The summed E-state index contributed by atoms with van der Waals surface area (Å²) in [4.78, 5) is 12.9. The van der Waals surface area contributed by atoms with Gasteiger partial charge < -0.3 is 5.32 Å². The largest absolute Gasteiger partial charge is 0.352 e. The number of aryl methyl sites for hydroxylation is 2. The summed E-state index contributed by atoms with van der Waals surface area (Å²) in [6.45, 7) is 8.55. The van der Waals surface area contributed by atoms with Gasteiger partial charge in [0.1, 0.15) is 5.82 Å². The normalized spacial score (nSPS) is 11.2. The van der Waals surface area contributed by atoms with E-state index < -0.39 is 0 Å². The molecule has 170 valence electrons. The molecule has 1 amide bonds. The average molecular weight is 446 g/mol. The fourth-order valence-electron chi connectivity index (χ4n) is 3.99. The van der Waals surface area contributed by atoms with E-state index in [0.717, 1.165) is 34.0 Å². The lowest BCUT2D eigenvalue weighted by molar-refractivity contribution is 0.0952. The molecule has 2 heterocycles. The number of halogens is 1. The van der Waals surface area contributed by atoms with Gasteiger partial charge in [0.05, 0.1) is 34.5 Å². The molecule has 0 unspecified atom stereocenters. The van der Waals surface area contributed by atoms with Gasteiger partial charge in [-0.15, -0.1) is 0 Å². The van der Waals surface area contributed by atoms with Gasteiger partial charge in [0.2, 0.25) is 0 Å². The number of rotatable bonds is 7. The predicted molar refractivity (Wildman–Crippen MR) is 127 cm³/mol. The van der Waals surface area contributed by atoms with Crippen molar-refractivity contribution in [3.63, 3.8) is 0 Å². The number of benzene rings is 2. The van der Waals surface area contributed by atoms with Crippen molar-refractivity contribution in [2.75, 3.05) is 6.54 Å². The second-order valence-corrected chi connectivity index (χ2v) is 8.50. The first kappa shape index (κ1) is 22.5. The molecule has 7 heteroatoms. The molecule has 33 heavy (non-hydrogen) atoms. The first-order valence-corrected chi connectivity index (χ1v) is 11.1. The molecule has 0 fully saturated rings. The predicted octanol–water partition coefficient (Wildman–Crippen LogP) is 4.91. The van der Waals surface area contributed by atoms with Crippen LogP contribution in [0.1, 0.15) is 52.8 Å². The van der Waals surface area contributed by atoms with Crippen LogP contribution in [0.4, 0.5) is 4.39 Å². The number of nitrogens with one attached hydrogen (secondary N) is 1. The summed E-state index contributed by atoms with van der Waals surface area (Å²) in [5.74, 6) is -0.399. The number of aromatic nitrogens is 4. The second kappa shape index (κ2) is 9.40. The second-order valence-electron chi connectivity index (χ2n) is 8.50. The minimum Gasteiger partial charge on any atom is -0.352 e. The lowest BCUT2D eigenvalue weighted by Crippen LogP contribution is -2.26. The molecule has 0 aliphatic carbocycles. The molecular weight excluding hydrogens is 417 g/mol. The number of amides is 1. The van der Waals surface area contributed by atoms with Crippen LogP contribution in [0.5, 0.6) is 0 Å². The van der Waals surface area contributed by atoms with Crippen LogP contribution in [-0.2, 0) is 6.42 Å².